The summed E-state index contributed by atoms with van der Waals surface area (Å²) in [5.41, 5.74) is 0.0551. The summed E-state index contributed by atoms with van der Waals surface area (Å²) >= 11 is 0. The highest BCUT2D eigenvalue weighted by Gasteiger charge is 2.40. The van der Waals surface area contributed by atoms with Crippen molar-refractivity contribution in [1.29, 1.82) is 0 Å². The standard InChI is InChI=1S/C21H40N2O2.C2H6/c1-5-11-21(12-6-2,15-18(4)7-3)20-22-24-17-19(25-20)16-23-13-9-8-10-14-23;1-2/h18-19H,5-17H2,1-4H3;1-2H3. The van der Waals surface area contributed by atoms with Gasteiger partial charge in [-0.15, -0.1) is 0 Å². The van der Waals surface area contributed by atoms with Crippen molar-refractivity contribution in [2.45, 2.75) is 105 Å². The van der Waals surface area contributed by atoms with E-state index in [2.05, 4.69) is 37.8 Å². The van der Waals surface area contributed by atoms with E-state index in [1.807, 2.05) is 13.8 Å². The van der Waals surface area contributed by atoms with E-state index in [0.29, 0.717) is 12.5 Å². The highest BCUT2D eigenvalue weighted by molar-refractivity contribution is 5.82. The Hall–Kier alpha value is -0.770. The third-order valence-corrected chi connectivity index (χ3v) is 5.94. The first kappa shape index (κ1) is 24.3. The fourth-order valence-corrected chi connectivity index (χ4v) is 4.53. The van der Waals surface area contributed by atoms with Crippen molar-refractivity contribution < 1.29 is 9.57 Å². The summed E-state index contributed by atoms with van der Waals surface area (Å²) in [6.45, 7) is 17.2. The van der Waals surface area contributed by atoms with Crippen LogP contribution in [0.15, 0.2) is 5.16 Å². The normalized spacial score (nSPS) is 22.0. The number of rotatable bonds is 10. The van der Waals surface area contributed by atoms with Crippen molar-refractivity contribution in [3.63, 3.8) is 0 Å². The van der Waals surface area contributed by atoms with Crippen molar-refractivity contribution in [3.8, 4) is 0 Å². The Morgan fingerprint density at radius 2 is 1.70 bits per heavy atom. The lowest BCUT2D eigenvalue weighted by Gasteiger charge is -2.40. The second-order valence-corrected chi connectivity index (χ2v) is 8.29. The van der Waals surface area contributed by atoms with E-state index < -0.39 is 0 Å². The largest absolute Gasteiger partial charge is 0.470 e. The van der Waals surface area contributed by atoms with Crippen LogP contribution in [-0.4, -0.2) is 43.1 Å². The monoisotopic (exact) mass is 382 g/mol. The average molecular weight is 383 g/mol. The first-order chi connectivity index (χ1) is 13.1. The molecular weight excluding hydrogens is 336 g/mol. The Labute approximate surface area is 169 Å². The van der Waals surface area contributed by atoms with Crippen LogP contribution in [0.25, 0.3) is 0 Å². The highest BCUT2D eigenvalue weighted by Crippen LogP contribution is 2.40. The van der Waals surface area contributed by atoms with Crippen LogP contribution in [0.1, 0.15) is 99.3 Å². The van der Waals surface area contributed by atoms with Gasteiger partial charge in [-0.05, 0) is 51.1 Å². The van der Waals surface area contributed by atoms with Gasteiger partial charge in [0.05, 0.1) is 0 Å². The molecule has 2 unspecified atom stereocenters. The molecule has 0 spiro atoms. The van der Waals surface area contributed by atoms with Gasteiger partial charge in [-0.1, -0.05) is 72.4 Å². The van der Waals surface area contributed by atoms with Gasteiger partial charge in [0.2, 0.25) is 5.90 Å². The molecule has 4 heteroatoms. The summed E-state index contributed by atoms with van der Waals surface area (Å²) in [6, 6.07) is 0. The van der Waals surface area contributed by atoms with Crippen LogP contribution in [-0.2, 0) is 9.57 Å². The highest BCUT2D eigenvalue weighted by atomic mass is 16.7. The van der Waals surface area contributed by atoms with Crippen molar-refractivity contribution in [3.05, 3.63) is 0 Å². The topological polar surface area (TPSA) is 34.1 Å². The van der Waals surface area contributed by atoms with E-state index in [0.717, 1.165) is 44.5 Å². The minimum atomic E-state index is 0.0551. The first-order valence-corrected chi connectivity index (χ1v) is 11.7. The van der Waals surface area contributed by atoms with Crippen LogP contribution in [0.4, 0.5) is 0 Å². The molecule has 2 aliphatic heterocycles. The summed E-state index contributed by atoms with van der Waals surface area (Å²) < 4.78 is 6.49. The maximum atomic E-state index is 6.49. The van der Waals surface area contributed by atoms with Crippen molar-refractivity contribution in [2.75, 3.05) is 26.2 Å². The molecule has 2 atom stereocenters. The first-order valence-electron chi connectivity index (χ1n) is 11.7. The van der Waals surface area contributed by atoms with Gasteiger partial charge in [-0.2, -0.15) is 0 Å². The zero-order valence-electron chi connectivity index (χ0n) is 19.1. The number of piperidine rings is 1. The number of hydrogen-bond donors (Lipinski definition) is 0. The lowest BCUT2D eigenvalue weighted by molar-refractivity contribution is -0.0252. The molecule has 2 aliphatic rings. The average Bonchev–Trinajstić information content (AvgIpc) is 2.70. The second kappa shape index (κ2) is 13.4. The molecular formula is C23H46N2O2. The third-order valence-electron chi connectivity index (χ3n) is 5.94. The van der Waals surface area contributed by atoms with Gasteiger partial charge in [0.15, 0.2) is 6.61 Å². The molecule has 27 heavy (non-hydrogen) atoms. The SMILES string of the molecule is CC.CCCC(CCC)(CC(C)CC)C1=NOCC(CN2CCCCC2)O1. The third kappa shape index (κ3) is 7.63. The van der Waals surface area contributed by atoms with Crippen molar-refractivity contribution in [1.82, 2.24) is 4.90 Å². The molecule has 0 aromatic carbocycles. The molecule has 1 saturated heterocycles. The Morgan fingerprint density at radius 3 is 2.26 bits per heavy atom. The molecule has 0 saturated carbocycles. The van der Waals surface area contributed by atoms with Crippen LogP contribution in [0.5, 0.6) is 0 Å². The van der Waals surface area contributed by atoms with Gasteiger partial charge in [0.25, 0.3) is 0 Å². The molecule has 2 rings (SSSR count). The molecule has 0 aliphatic carbocycles. The predicted molar refractivity (Wildman–Crippen MR) is 116 cm³/mol. The molecule has 160 valence electrons. The van der Waals surface area contributed by atoms with Crippen LogP contribution >= 0.6 is 0 Å². The summed E-state index contributed by atoms with van der Waals surface area (Å²) in [7, 11) is 0. The van der Waals surface area contributed by atoms with E-state index in [4.69, 9.17) is 9.57 Å². The second-order valence-electron chi connectivity index (χ2n) is 8.29. The smallest absolute Gasteiger partial charge is 0.232 e. The molecule has 0 aromatic heterocycles. The van der Waals surface area contributed by atoms with E-state index in [1.165, 1.54) is 38.8 Å². The molecule has 0 radical (unpaired) electrons. The Balaban J connectivity index is 0.00000176. The number of likely N-dealkylation sites (tertiary alicyclic amines) is 1. The predicted octanol–water partition coefficient (Wildman–Crippen LogP) is 6.25. The summed E-state index contributed by atoms with van der Waals surface area (Å²) in [6.07, 6.45) is 11.1. The molecule has 0 amide bonds. The Morgan fingerprint density at radius 1 is 1.07 bits per heavy atom. The summed E-state index contributed by atoms with van der Waals surface area (Å²) in [5.74, 6) is 1.58. The number of hydrogen-bond acceptors (Lipinski definition) is 4. The number of ether oxygens (including phenoxy) is 1. The van der Waals surface area contributed by atoms with Crippen LogP contribution in [0.3, 0.4) is 0 Å². The van der Waals surface area contributed by atoms with E-state index in [9.17, 15) is 0 Å². The lowest BCUT2D eigenvalue weighted by atomic mass is 9.72. The molecule has 0 aromatic rings. The Kier molecular flexibility index (Phi) is 12.1. The maximum Gasteiger partial charge on any atom is 0.232 e. The quantitative estimate of drug-likeness (QED) is 0.448. The van der Waals surface area contributed by atoms with Gasteiger partial charge in [-0.25, -0.2) is 0 Å². The fraction of sp³-hybridized carbons (Fsp3) is 0.957. The van der Waals surface area contributed by atoms with Crippen molar-refractivity contribution in [2.24, 2.45) is 16.5 Å². The van der Waals surface area contributed by atoms with Crippen LogP contribution < -0.4 is 0 Å². The van der Waals surface area contributed by atoms with Gasteiger partial charge < -0.3 is 9.57 Å². The minimum absolute atomic E-state index is 0.0551. The van der Waals surface area contributed by atoms with Crippen molar-refractivity contribution >= 4 is 5.90 Å². The van der Waals surface area contributed by atoms with Crippen LogP contribution in [0.2, 0.25) is 0 Å². The van der Waals surface area contributed by atoms with E-state index >= 15 is 0 Å². The Bertz CT molecular complexity index is 399. The summed E-state index contributed by atoms with van der Waals surface area (Å²) in [4.78, 5) is 8.22. The summed E-state index contributed by atoms with van der Waals surface area (Å²) in [5, 5.41) is 4.45. The lowest BCUT2D eigenvalue weighted by Crippen LogP contribution is -2.46. The van der Waals surface area contributed by atoms with E-state index in [1.54, 1.807) is 0 Å². The van der Waals surface area contributed by atoms with Gasteiger partial charge in [-0.3, -0.25) is 4.90 Å². The maximum absolute atomic E-state index is 6.49. The van der Waals surface area contributed by atoms with Gasteiger partial charge >= 0.3 is 0 Å². The molecule has 2 heterocycles. The van der Waals surface area contributed by atoms with Crippen LogP contribution in [0, 0.1) is 11.3 Å². The number of nitrogens with zero attached hydrogens (tertiary/aromatic N) is 2. The number of oxime groups is 1. The molecule has 0 N–H and O–H groups in total. The molecule has 1 fully saturated rings. The van der Waals surface area contributed by atoms with Gasteiger partial charge in [0, 0.05) is 12.0 Å². The van der Waals surface area contributed by atoms with E-state index in [-0.39, 0.29) is 11.5 Å². The molecule has 4 nitrogen and oxygen atoms in total. The fourth-order valence-electron chi connectivity index (χ4n) is 4.53. The zero-order valence-corrected chi connectivity index (χ0v) is 19.1. The molecule has 0 bridgehead atoms. The zero-order chi connectivity index (χ0) is 20.1. The van der Waals surface area contributed by atoms with Gasteiger partial charge in [0.1, 0.15) is 6.10 Å². The minimum Gasteiger partial charge on any atom is -0.470 e.